The van der Waals surface area contributed by atoms with Gasteiger partial charge in [-0.15, -0.1) is 0 Å². The number of hydrogen-bond acceptors (Lipinski definition) is 9. The molecular weight excluding hydrogens is 504 g/mol. The predicted octanol–water partition coefficient (Wildman–Crippen LogP) is 5.31. The summed E-state index contributed by atoms with van der Waals surface area (Å²) in [5, 5.41) is 11.7. The highest BCUT2D eigenvalue weighted by Gasteiger charge is 2.70. The number of Topliss-reactive ketones (excluding diaryl/α,β-unsaturated/α-hetero) is 1. The van der Waals surface area contributed by atoms with Crippen LogP contribution in [0.2, 0.25) is 0 Å². The second-order valence-corrected chi connectivity index (χ2v) is 12.3. The molecule has 0 radical (unpaired) electrons. The molecule has 0 aromatic heterocycles. The van der Waals surface area contributed by atoms with Crippen LogP contribution in [0, 0.1) is 28.6 Å². The summed E-state index contributed by atoms with van der Waals surface area (Å²) in [5.41, 5.74) is -1.64. The highest BCUT2D eigenvalue weighted by Crippen LogP contribution is 2.68. The van der Waals surface area contributed by atoms with Gasteiger partial charge in [-0.05, 0) is 80.6 Å². The maximum Gasteiger partial charge on any atom is 0.509 e. The summed E-state index contributed by atoms with van der Waals surface area (Å²) in [6, 6.07) is 0. The van der Waals surface area contributed by atoms with Gasteiger partial charge in [-0.1, -0.05) is 39.7 Å². The van der Waals surface area contributed by atoms with Crippen molar-refractivity contribution in [3.63, 3.8) is 0 Å². The fraction of sp³-hybridized carbons (Fsp3) is 0.800. The second kappa shape index (κ2) is 11.6. The molecule has 0 bridgehead atoms. The first-order chi connectivity index (χ1) is 18.5. The van der Waals surface area contributed by atoms with Gasteiger partial charge >= 0.3 is 12.3 Å². The zero-order valence-corrected chi connectivity index (χ0v) is 23.8. The topological polar surface area (TPSA) is 125 Å². The summed E-state index contributed by atoms with van der Waals surface area (Å²) in [5.74, 6) is -0.328. The molecule has 0 aliphatic heterocycles. The van der Waals surface area contributed by atoms with Crippen molar-refractivity contribution >= 4 is 23.9 Å². The number of fused-ring (bicyclic) bond motifs is 5. The number of unbranched alkanes of at least 4 members (excludes halogenated alkanes) is 1. The van der Waals surface area contributed by atoms with E-state index in [-0.39, 0.29) is 55.0 Å². The summed E-state index contributed by atoms with van der Waals surface area (Å²) >= 11 is 0. The second-order valence-electron chi connectivity index (χ2n) is 12.3. The summed E-state index contributed by atoms with van der Waals surface area (Å²) in [6.45, 7) is 7.68. The van der Waals surface area contributed by atoms with E-state index >= 15 is 0 Å². The maximum atomic E-state index is 13.9. The van der Waals surface area contributed by atoms with Crippen LogP contribution in [0.15, 0.2) is 11.6 Å². The van der Waals surface area contributed by atoms with Crippen molar-refractivity contribution < 1.29 is 43.2 Å². The normalized spacial score (nSPS) is 37.1. The molecule has 0 heterocycles. The molecule has 0 aromatic rings. The Bertz CT molecular complexity index is 1000. The Morgan fingerprint density at radius 1 is 0.974 bits per heavy atom. The molecule has 218 valence electrons. The summed E-state index contributed by atoms with van der Waals surface area (Å²) in [7, 11) is 0. The summed E-state index contributed by atoms with van der Waals surface area (Å²) in [6.07, 6.45) is 5.18. The Balaban J connectivity index is 1.63. The van der Waals surface area contributed by atoms with Crippen LogP contribution < -0.4 is 0 Å². The van der Waals surface area contributed by atoms with Gasteiger partial charge in [-0.25, -0.2) is 9.59 Å². The Kier molecular flexibility index (Phi) is 8.79. The molecule has 0 spiro atoms. The van der Waals surface area contributed by atoms with Crippen molar-refractivity contribution in [3.05, 3.63) is 11.6 Å². The quantitative estimate of drug-likeness (QED) is 0.301. The number of rotatable bonds is 9. The van der Waals surface area contributed by atoms with Crippen molar-refractivity contribution in [1.82, 2.24) is 0 Å². The lowest BCUT2D eigenvalue weighted by Crippen LogP contribution is -2.63. The number of allylic oxidation sites excluding steroid dienone is 1. The van der Waals surface area contributed by atoms with Gasteiger partial charge in [-0.3, -0.25) is 9.59 Å². The fourth-order valence-electron chi connectivity index (χ4n) is 8.30. The van der Waals surface area contributed by atoms with E-state index in [2.05, 4.69) is 6.92 Å². The highest BCUT2D eigenvalue weighted by atomic mass is 16.7. The van der Waals surface area contributed by atoms with Gasteiger partial charge in [0.15, 0.2) is 18.0 Å². The van der Waals surface area contributed by atoms with Crippen LogP contribution in [-0.4, -0.2) is 60.5 Å². The van der Waals surface area contributed by atoms with Crippen LogP contribution in [0.1, 0.15) is 91.9 Å². The van der Waals surface area contributed by atoms with E-state index in [1.54, 1.807) is 6.08 Å². The molecule has 4 aliphatic rings. The Labute approximate surface area is 231 Å². The van der Waals surface area contributed by atoms with Gasteiger partial charge in [0.2, 0.25) is 5.78 Å². The van der Waals surface area contributed by atoms with E-state index in [4.69, 9.17) is 18.9 Å². The van der Waals surface area contributed by atoms with E-state index in [1.165, 1.54) is 0 Å². The van der Waals surface area contributed by atoms with E-state index in [1.807, 2.05) is 20.8 Å². The average Bonchev–Trinajstić information content (AvgIpc) is 3.18. The predicted molar refractivity (Wildman–Crippen MR) is 141 cm³/mol. The van der Waals surface area contributed by atoms with Gasteiger partial charge in [0, 0.05) is 11.8 Å². The van der Waals surface area contributed by atoms with Crippen molar-refractivity contribution in [2.75, 3.05) is 19.8 Å². The number of aliphatic hydroxyl groups excluding tert-OH is 1. The lowest BCUT2D eigenvalue weighted by molar-refractivity contribution is -0.187. The van der Waals surface area contributed by atoms with Crippen LogP contribution in [0.4, 0.5) is 9.59 Å². The number of ether oxygens (including phenoxy) is 4. The summed E-state index contributed by atoms with van der Waals surface area (Å²) < 4.78 is 21.4. The number of carbonyl (C=O) groups is 4. The first-order valence-corrected chi connectivity index (χ1v) is 14.6. The van der Waals surface area contributed by atoms with Gasteiger partial charge in [0.25, 0.3) is 0 Å². The van der Waals surface area contributed by atoms with E-state index < -0.39 is 41.8 Å². The zero-order chi connectivity index (χ0) is 28.4. The molecule has 0 unspecified atom stereocenters. The van der Waals surface area contributed by atoms with Gasteiger partial charge in [0.05, 0.1) is 19.3 Å². The van der Waals surface area contributed by atoms with Crippen molar-refractivity contribution in [3.8, 4) is 0 Å². The molecule has 0 amide bonds. The van der Waals surface area contributed by atoms with Gasteiger partial charge in [-0.2, -0.15) is 0 Å². The highest BCUT2D eigenvalue weighted by molar-refractivity contribution is 5.93. The van der Waals surface area contributed by atoms with Crippen molar-refractivity contribution in [2.24, 2.45) is 28.6 Å². The number of hydrogen-bond donors (Lipinski definition) is 1. The number of aliphatic hydroxyl groups is 1. The monoisotopic (exact) mass is 548 g/mol. The molecule has 9 nitrogen and oxygen atoms in total. The first kappa shape index (κ1) is 29.6. The molecule has 1 N–H and O–H groups in total. The summed E-state index contributed by atoms with van der Waals surface area (Å²) in [4.78, 5) is 51.0. The molecule has 4 rings (SSSR count). The minimum atomic E-state index is -1.60. The largest absolute Gasteiger partial charge is 0.509 e. The number of carbonyl (C=O) groups excluding carboxylic acids is 4. The molecular formula is C30H44O9. The molecule has 39 heavy (non-hydrogen) atoms. The average molecular weight is 549 g/mol. The minimum Gasteiger partial charge on any atom is -0.434 e. The standard InChI is InChI=1S/C30H44O9/c1-5-7-15-37-27(35)39-30(24(33)18-38-26(34)36-14-6-2)13-11-22-21-9-8-19-16-20(31)10-12-28(19,3)25(21)23(32)17-29(22,30)4/h16,21-23,25,32H,5-15,17-18H2,1-4H3/t21-,22-,23-,25+,28-,29-,30-/m0/s1. The molecule has 7 atom stereocenters. The van der Waals surface area contributed by atoms with Crippen LogP contribution in [0.3, 0.4) is 0 Å². The minimum absolute atomic E-state index is 0.00124. The maximum absolute atomic E-state index is 13.9. The van der Waals surface area contributed by atoms with E-state index in [0.717, 1.165) is 24.8 Å². The Morgan fingerprint density at radius 3 is 2.44 bits per heavy atom. The molecule has 3 saturated carbocycles. The Hall–Kier alpha value is -2.42. The number of ketones is 2. The van der Waals surface area contributed by atoms with Gasteiger partial charge < -0.3 is 24.1 Å². The zero-order valence-electron chi connectivity index (χ0n) is 23.8. The van der Waals surface area contributed by atoms with Crippen LogP contribution >= 0.6 is 0 Å². The Morgan fingerprint density at radius 2 is 1.72 bits per heavy atom. The lowest BCUT2D eigenvalue weighted by Gasteiger charge is -2.60. The van der Waals surface area contributed by atoms with E-state index in [0.29, 0.717) is 32.1 Å². The molecule has 9 heteroatoms. The first-order valence-electron chi connectivity index (χ1n) is 14.6. The van der Waals surface area contributed by atoms with Crippen LogP contribution in [0.25, 0.3) is 0 Å². The third-order valence-corrected chi connectivity index (χ3v) is 10.2. The smallest absolute Gasteiger partial charge is 0.434 e. The molecule has 3 fully saturated rings. The molecule has 4 aliphatic carbocycles. The third-order valence-electron chi connectivity index (χ3n) is 10.2. The SMILES string of the molecule is CCCCOC(=O)O[C@]1(C(=O)COC(=O)OCCC)CC[C@H]2[C@@H]3CCC4=CC(=O)CC[C@]4(C)[C@H]3[C@@H](O)C[C@@]21C. The third kappa shape index (κ3) is 5.23. The fourth-order valence-corrected chi connectivity index (χ4v) is 8.30. The lowest BCUT2D eigenvalue weighted by atomic mass is 9.45. The van der Waals surface area contributed by atoms with Crippen LogP contribution in [0.5, 0.6) is 0 Å². The molecule has 0 aromatic carbocycles. The van der Waals surface area contributed by atoms with E-state index in [9.17, 15) is 24.3 Å². The van der Waals surface area contributed by atoms with Crippen molar-refractivity contribution in [2.45, 2.75) is 104 Å². The molecule has 0 saturated heterocycles. The van der Waals surface area contributed by atoms with Gasteiger partial charge in [0.1, 0.15) is 0 Å². The van der Waals surface area contributed by atoms with Crippen molar-refractivity contribution in [1.29, 1.82) is 0 Å². The van der Waals surface area contributed by atoms with Crippen LogP contribution in [-0.2, 0) is 28.5 Å².